The molecule has 4 heteroatoms. The van der Waals surface area contributed by atoms with Gasteiger partial charge in [-0.25, -0.2) is 0 Å². The lowest BCUT2D eigenvalue weighted by atomic mass is 9.86. The quantitative estimate of drug-likeness (QED) is 0.812. The smallest absolute Gasteiger partial charge is 0.0445 e. The van der Waals surface area contributed by atoms with Gasteiger partial charge in [0.05, 0.1) is 0 Å². The van der Waals surface area contributed by atoms with Gasteiger partial charge in [-0.05, 0) is 71.0 Å². The second-order valence-corrected chi connectivity index (χ2v) is 8.06. The molecule has 3 heterocycles. The molecule has 0 spiro atoms. The lowest BCUT2D eigenvalue weighted by Gasteiger charge is -2.48. The number of hydrogen-bond donors (Lipinski definition) is 2. The molecule has 0 radical (unpaired) electrons. The van der Waals surface area contributed by atoms with E-state index in [0.717, 1.165) is 24.4 Å². The van der Waals surface area contributed by atoms with Gasteiger partial charge >= 0.3 is 0 Å². The van der Waals surface area contributed by atoms with Crippen molar-refractivity contribution in [1.82, 2.24) is 15.1 Å². The number of piperidine rings is 3. The summed E-state index contributed by atoms with van der Waals surface area (Å²) in [5.41, 5.74) is 0. The van der Waals surface area contributed by atoms with Crippen molar-refractivity contribution in [3.05, 3.63) is 0 Å². The highest BCUT2D eigenvalue weighted by Crippen LogP contribution is 2.29. The Morgan fingerprint density at radius 3 is 2.70 bits per heavy atom. The molecule has 2 N–H and O–H groups in total. The predicted octanol–water partition coefficient (Wildman–Crippen LogP) is 2.08. The molecule has 0 amide bonds. The standard InChI is InChI=1S/C19H37N3O/c1-16-6-2-5-12-22(16)19-14-20-10-8-17(19)15-21-11-4-3-7-18(21)9-13-23/h16-20,23H,2-15H2,1H3. The topological polar surface area (TPSA) is 38.7 Å². The third kappa shape index (κ3) is 4.47. The van der Waals surface area contributed by atoms with Crippen LogP contribution < -0.4 is 5.32 Å². The lowest BCUT2D eigenvalue weighted by molar-refractivity contribution is 0.0222. The average Bonchev–Trinajstić information content (AvgIpc) is 2.58. The first-order valence-electron chi connectivity index (χ1n) is 10.1. The van der Waals surface area contributed by atoms with Gasteiger partial charge in [-0.3, -0.25) is 9.80 Å². The fourth-order valence-electron chi connectivity index (χ4n) is 5.19. The Morgan fingerprint density at radius 1 is 1.04 bits per heavy atom. The molecule has 3 rings (SSSR count). The number of aliphatic hydroxyl groups excluding tert-OH is 1. The van der Waals surface area contributed by atoms with Crippen molar-refractivity contribution in [2.75, 3.05) is 39.3 Å². The summed E-state index contributed by atoms with van der Waals surface area (Å²) < 4.78 is 0. The van der Waals surface area contributed by atoms with Crippen LogP contribution in [0.5, 0.6) is 0 Å². The monoisotopic (exact) mass is 323 g/mol. The van der Waals surface area contributed by atoms with Crippen molar-refractivity contribution >= 4 is 0 Å². The van der Waals surface area contributed by atoms with E-state index < -0.39 is 0 Å². The minimum atomic E-state index is 0.347. The van der Waals surface area contributed by atoms with Gasteiger partial charge in [0.25, 0.3) is 0 Å². The van der Waals surface area contributed by atoms with E-state index in [9.17, 15) is 5.11 Å². The molecule has 134 valence electrons. The molecule has 0 aromatic carbocycles. The van der Waals surface area contributed by atoms with Crippen LogP contribution in [0.4, 0.5) is 0 Å². The Bertz CT molecular complexity index is 350. The van der Waals surface area contributed by atoms with Crippen LogP contribution in [0.25, 0.3) is 0 Å². The van der Waals surface area contributed by atoms with Gasteiger partial charge in [-0.2, -0.15) is 0 Å². The summed E-state index contributed by atoms with van der Waals surface area (Å²) in [6, 6.07) is 2.10. The van der Waals surface area contributed by atoms with Gasteiger partial charge in [0.15, 0.2) is 0 Å². The summed E-state index contributed by atoms with van der Waals surface area (Å²) in [7, 11) is 0. The van der Waals surface area contributed by atoms with Crippen molar-refractivity contribution in [1.29, 1.82) is 0 Å². The van der Waals surface area contributed by atoms with Gasteiger partial charge < -0.3 is 10.4 Å². The van der Waals surface area contributed by atoms with Crippen molar-refractivity contribution < 1.29 is 5.11 Å². The van der Waals surface area contributed by atoms with E-state index in [-0.39, 0.29) is 0 Å². The fourth-order valence-corrected chi connectivity index (χ4v) is 5.19. The summed E-state index contributed by atoms with van der Waals surface area (Å²) >= 11 is 0. The second-order valence-electron chi connectivity index (χ2n) is 8.06. The number of likely N-dealkylation sites (tertiary alicyclic amines) is 2. The molecule has 3 saturated heterocycles. The Kier molecular flexibility index (Phi) is 6.75. The van der Waals surface area contributed by atoms with Crippen LogP contribution in [0, 0.1) is 5.92 Å². The Balaban J connectivity index is 1.63. The molecule has 23 heavy (non-hydrogen) atoms. The number of nitrogens with one attached hydrogen (secondary N) is 1. The molecule has 3 aliphatic rings. The minimum Gasteiger partial charge on any atom is -0.396 e. The Labute approximate surface area is 142 Å². The molecular formula is C19H37N3O. The molecule has 0 aliphatic carbocycles. The average molecular weight is 324 g/mol. The Morgan fingerprint density at radius 2 is 1.87 bits per heavy atom. The number of rotatable bonds is 5. The van der Waals surface area contributed by atoms with E-state index in [1.807, 2.05) is 0 Å². The van der Waals surface area contributed by atoms with E-state index >= 15 is 0 Å². The maximum absolute atomic E-state index is 9.39. The predicted molar refractivity (Wildman–Crippen MR) is 95.7 cm³/mol. The summed E-state index contributed by atoms with van der Waals surface area (Å²) in [5, 5.41) is 13.0. The molecule has 0 saturated carbocycles. The van der Waals surface area contributed by atoms with Gasteiger partial charge in [-0.15, -0.1) is 0 Å². The maximum Gasteiger partial charge on any atom is 0.0445 e. The molecule has 3 aliphatic heterocycles. The highest BCUT2D eigenvalue weighted by atomic mass is 16.3. The zero-order valence-corrected chi connectivity index (χ0v) is 15.1. The third-order valence-corrected chi connectivity index (χ3v) is 6.55. The van der Waals surface area contributed by atoms with Gasteiger partial charge in [-0.1, -0.05) is 12.8 Å². The van der Waals surface area contributed by atoms with Crippen LogP contribution in [0.3, 0.4) is 0 Å². The van der Waals surface area contributed by atoms with Crippen LogP contribution in [0.1, 0.15) is 58.3 Å². The van der Waals surface area contributed by atoms with Gasteiger partial charge in [0.2, 0.25) is 0 Å². The minimum absolute atomic E-state index is 0.347. The van der Waals surface area contributed by atoms with E-state index in [1.165, 1.54) is 77.7 Å². The zero-order chi connectivity index (χ0) is 16.1. The largest absolute Gasteiger partial charge is 0.396 e. The van der Waals surface area contributed by atoms with Crippen LogP contribution in [-0.4, -0.2) is 72.4 Å². The number of hydrogen-bond acceptors (Lipinski definition) is 4. The lowest BCUT2D eigenvalue weighted by Crippen LogP contribution is -2.58. The second kappa shape index (κ2) is 8.80. The maximum atomic E-state index is 9.39. The summed E-state index contributed by atoms with van der Waals surface area (Å²) in [4.78, 5) is 5.53. The molecule has 4 nitrogen and oxygen atoms in total. The third-order valence-electron chi connectivity index (χ3n) is 6.55. The van der Waals surface area contributed by atoms with Crippen LogP contribution in [-0.2, 0) is 0 Å². The fraction of sp³-hybridized carbons (Fsp3) is 1.00. The summed E-state index contributed by atoms with van der Waals surface area (Å²) in [6.45, 7) is 8.93. The zero-order valence-electron chi connectivity index (χ0n) is 15.1. The SMILES string of the molecule is CC1CCCCN1C1CNCCC1CN1CCCCC1CCO. The first kappa shape index (κ1) is 17.7. The highest BCUT2D eigenvalue weighted by molar-refractivity contribution is 4.92. The van der Waals surface area contributed by atoms with E-state index in [4.69, 9.17) is 0 Å². The van der Waals surface area contributed by atoms with Crippen LogP contribution in [0.15, 0.2) is 0 Å². The normalized spacial score (nSPS) is 37.8. The number of nitrogens with zero attached hydrogens (tertiary/aromatic N) is 2. The first-order chi connectivity index (χ1) is 11.3. The van der Waals surface area contributed by atoms with E-state index in [0.29, 0.717) is 12.6 Å². The molecule has 0 aromatic heterocycles. The van der Waals surface area contributed by atoms with E-state index in [2.05, 4.69) is 22.0 Å². The summed E-state index contributed by atoms with van der Waals surface area (Å²) in [6.07, 6.45) is 10.4. The highest BCUT2D eigenvalue weighted by Gasteiger charge is 2.35. The van der Waals surface area contributed by atoms with Crippen molar-refractivity contribution in [2.24, 2.45) is 5.92 Å². The van der Waals surface area contributed by atoms with Crippen molar-refractivity contribution in [3.63, 3.8) is 0 Å². The van der Waals surface area contributed by atoms with Crippen LogP contribution in [0.2, 0.25) is 0 Å². The molecule has 3 fully saturated rings. The molecule has 0 aromatic rings. The first-order valence-corrected chi connectivity index (χ1v) is 10.1. The van der Waals surface area contributed by atoms with Crippen molar-refractivity contribution in [3.8, 4) is 0 Å². The van der Waals surface area contributed by atoms with Crippen molar-refractivity contribution in [2.45, 2.75) is 76.4 Å². The summed E-state index contributed by atoms with van der Waals surface area (Å²) in [5.74, 6) is 0.802. The number of aliphatic hydroxyl groups is 1. The van der Waals surface area contributed by atoms with Gasteiger partial charge in [0, 0.05) is 37.8 Å². The van der Waals surface area contributed by atoms with E-state index in [1.54, 1.807) is 0 Å². The molecular weight excluding hydrogens is 286 g/mol. The molecule has 4 atom stereocenters. The van der Waals surface area contributed by atoms with Crippen LogP contribution >= 0.6 is 0 Å². The molecule has 0 bridgehead atoms. The Hall–Kier alpha value is -0.160. The van der Waals surface area contributed by atoms with Gasteiger partial charge in [0.1, 0.15) is 0 Å². The molecule has 4 unspecified atom stereocenters.